The molecule has 2 aromatic carbocycles. The van der Waals surface area contributed by atoms with Gasteiger partial charge in [-0.25, -0.2) is 34.9 Å². The predicted octanol–water partition coefficient (Wildman–Crippen LogP) is 10.4. The fourth-order valence-electron chi connectivity index (χ4n) is 13.6. The van der Waals surface area contributed by atoms with Crippen LogP contribution in [0.4, 0.5) is 0 Å². The molecule has 7 atom stereocenters. The Morgan fingerprint density at radius 1 is 0.712 bits per heavy atom. The number of hydrogen-bond donors (Lipinski definition) is 7. The normalized spacial score (nSPS) is 20.7. The molecule has 1 saturated carbocycles. The Bertz CT molecular complexity index is 4560. The van der Waals surface area contributed by atoms with Crippen LogP contribution < -0.4 is 26.4 Å². The standard InChI is InChI=1S/C73H82N14O11S6/c1-7-85(8-2)26-27-87(9-3,10-4)28-29-98-45-22-16-41(17-23-45)30-50-72(95)86-33-57(89)39(5)61(86)71-83-55(38-103-71)69-79-51(34-101-69)60-46(24-25-48(76-60)68-82-52(37-102-68)63(92)75-44-20-18-43(19-21-44)73(96)97)66-80-53(35-99-66)64(93)77-49(32-58(74)90)70-84-59(40(6)104-70)56(88)31-47(62(91)42-14-12-11-13-15-42)67-81-54(36-100-67)65(94)78-50/h11-17,22-25,34-39,43-44,47,49-50,57,61-62,89,91H,7-10,18-21,26-33H2,1-6H3,(H5-,74,75,77,78,90,92,93,94,96,97)/p+1/t39-,43?,44?,47-,49-,50-,57-,61-,62+/m0/s1. The van der Waals surface area contributed by atoms with E-state index in [9.17, 15) is 44.1 Å². The van der Waals surface area contributed by atoms with Gasteiger partial charge in [0.2, 0.25) is 11.8 Å². The van der Waals surface area contributed by atoms with Crippen molar-refractivity contribution in [2.75, 3.05) is 59.0 Å². The fraction of sp³-hybridized carbons (Fsp3) is 0.425. The fourth-order valence-corrected chi connectivity index (χ4v) is 19.0. The van der Waals surface area contributed by atoms with E-state index in [1.54, 1.807) is 65.0 Å². The monoisotopic (exact) mass is 1520 g/mol. The van der Waals surface area contributed by atoms with Crippen LogP contribution in [0, 0.1) is 18.8 Å². The molecule has 12 rings (SSSR count). The maximum absolute atomic E-state index is 15.7. The summed E-state index contributed by atoms with van der Waals surface area (Å²) in [6, 6.07) is 16.5. The molecule has 104 heavy (non-hydrogen) atoms. The molecular formula is C73H83N14O11S6+. The van der Waals surface area contributed by atoms with Crippen molar-refractivity contribution < 1.29 is 58.1 Å². The average molecular weight is 1520 g/mol. The summed E-state index contributed by atoms with van der Waals surface area (Å²) in [5, 5.41) is 53.1. The first-order chi connectivity index (χ1) is 50.1. The number of ether oxygens (including phenoxy) is 1. The molecule has 2 aliphatic heterocycles. The second-order valence-corrected chi connectivity index (χ2v) is 32.1. The van der Waals surface area contributed by atoms with Gasteiger partial charge in [0, 0.05) is 81.1 Å². The Balaban J connectivity index is 0.901. The van der Waals surface area contributed by atoms with Crippen LogP contribution in [-0.2, 0) is 20.8 Å². The zero-order valence-electron chi connectivity index (χ0n) is 58.4. The Kier molecular flexibility index (Phi) is 24.1. The number of aryl methyl sites for hydroxylation is 1. The highest BCUT2D eigenvalue weighted by atomic mass is 32.1. The molecule has 546 valence electrons. The number of carboxylic acids is 1. The molecule has 10 bridgehead atoms. The lowest BCUT2D eigenvalue weighted by Crippen LogP contribution is -2.53. The molecule has 8 N–H and O–H groups in total. The number of fused-ring (bicyclic) bond motifs is 16. The summed E-state index contributed by atoms with van der Waals surface area (Å²) in [7, 11) is 0. The molecule has 1 saturated heterocycles. The molecule has 0 unspecified atom stereocenters. The van der Waals surface area contributed by atoms with Crippen molar-refractivity contribution in [3.05, 3.63) is 147 Å². The number of nitrogens with two attached hydrogens (primary N) is 1. The molecule has 25 nitrogen and oxygen atoms in total. The zero-order valence-corrected chi connectivity index (χ0v) is 63.3. The summed E-state index contributed by atoms with van der Waals surface area (Å²) in [5.41, 5.74) is 9.25. The lowest BCUT2D eigenvalue weighted by molar-refractivity contribution is -0.924. The number of aliphatic hydroxyl groups excluding tert-OH is 2. The third-order valence-corrected chi connectivity index (χ3v) is 25.7. The van der Waals surface area contributed by atoms with Gasteiger partial charge in [0.05, 0.1) is 67.0 Å². The number of Topliss-reactive ketones (excluding diaryl/α,β-unsaturated/α-hetero) is 1. The molecular weight excluding hydrogens is 1440 g/mol. The molecule has 9 aromatic rings. The van der Waals surface area contributed by atoms with Crippen LogP contribution in [0.15, 0.2) is 93.6 Å². The lowest BCUT2D eigenvalue weighted by Gasteiger charge is -2.38. The third-order valence-electron chi connectivity index (χ3n) is 20.1. The highest BCUT2D eigenvalue weighted by Crippen LogP contribution is 2.44. The van der Waals surface area contributed by atoms with Crippen molar-refractivity contribution in [2.24, 2.45) is 17.6 Å². The van der Waals surface area contributed by atoms with Gasteiger partial charge in [0.15, 0.2) is 5.78 Å². The number of likely N-dealkylation sites (N-methyl/N-ethyl adjacent to an activating group) is 2. The number of ketones is 1. The highest BCUT2D eigenvalue weighted by Gasteiger charge is 2.46. The molecule has 3 aliphatic rings. The van der Waals surface area contributed by atoms with Gasteiger partial charge in [-0.05, 0) is 94.9 Å². The summed E-state index contributed by atoms with van der Waals surface area (Å²) < 4.78 is 7.30. The molecule has 9 heterocycles. The van der Waals surface area contributed by atoms with Crippen LogP contribution in [-0.4, -0.2) is 183 Å². The number of carbonyl (C=O) groups is 7. The largest absolute Gasteiger partial charge is 0.488 e. The highest BCUT2D eigenvalue weighted by molar-refractivity contribution is 7.15. The number of nitrogens with one attached hydrogen (secondary N) is 3. The van der Waals surface area contributed by atoms with Crippen molar-refractivity contribution in [2.45, 2.75) is 129 Å². The maximum Gasteiger partial charge on any atom is 0.306 e. The number of primary amides is 1. The number of thiazole rings is 6. The van der Waals surface area contributed by atoms with Crippen molar-refractivity contribution >= 4 is 109 Å². The van der Waals surface area contributed by atoms with Gasteiger partial charge in [0.1, 0.15) is 89.8 Å². The first-order valence-corrected chi connectivity index (χ1v) is 40.1. The summed E-state index contributed by atoms with van der Waals surface area (Å²) in [6.45, 7) is 19.5. The number of nitrogens with zero attached hydrogens (tertiary/aromatic N) is 10. The van der Waals surface area contributed by atoms with E-state index in [1.807, 2.05) is 41.9 Å². The number of pyridine rings is 1. The molecule has 0 spiro atoms. The van der Waals surface area contributed by atoms with E-state index >= 15 is 4.79 Å². The van der Waals surface area contributed by atoms with Gasteiger partial charge >= 0.3 is 5.97 Å². The van der Waals surface area contributed by atoms with Crippen LogP contribution in [0.1, 0.15) is 170 Å². The topological polar surface area (TPSA) is 348 Å². The quantitative estimate of drug-likeness (QED) is 0.0329. The number of aliphatic hydroxyl groups is 2. The van der Waals surface area contributed by atoms with Crippen molar-refractivity contribution in [3.63, 3.8) is 0 Å². The second-order valence-electron chi connectivity index (χ2n) is 26.5. The number of benzene rings is 2. The Labute approximate surface area is 625 Å². The van der Waals surface area contributed by atoms with Gasteiger partial charge in [0.25, 0.3) is 17.7 Å². The van der Waals surface area contributed by atoms with E-state index in [2.05, 4.69) is 48.5 Å². The van der Waals surface area contributed by atoms with Crippen LogP contribution in [0.2, 0.25) is 0 Å². The van der Waals surface area contributed by atoms with E-state index in [0.717, 1.165) is 84.3 Å². The minimum atomic E-state index is -1.31. The summed E-state index contributed by atoms with van der Waals surface area (Å²) >= 11 is 7.12. The Morgan fingerprint density at radius 3 is 2.07 bits per heavy atom. The number of carbonyl (C=O) groups excluding carboxylic acids is 6. The Morgan fingerprint density at radius 2 is 1.36 bits per heavy atom. The SMILES string of the molecule is CCN(CC)CC[N+](CC)(CC)CCOc1ccc(C[C@@H]2NC(=O)c3csc(n3)[C@H]([C@H](O)c3ccccc3)CC(=O)c3nc(sc3C)[C@H](CC(N)=O)NC(=O)c3csc(n3)-c3ccc(-c4nc(C(=O)NC5CCC(C(=O)O)CC5)cs4)nc3-c3csc(n3)-c3csc(n3)[C@@H]3[C@@H](C)[C@@H](O)CN3C2=O)cc1. The van der Waals surface area contributed by atoms with E-state index in [-0.39, 0.29) is 64.6 Å². The van der Waals surface area contributed by atoms with Crippen LogP contribution in [0.3, 0.4) is 0 Å². The zero-order chi connectivity index (χ0) is 73.5. The molecule has 2 fully saturated rings. The number of aliphatic carboxylic acids is 1. The first-order valence-electron chi connectivity index (χ1n) is 34.9. The molecule has 7 aromatic heterocycles. The number of carboxylic acid groups (broad SMARTS) is 1. The van der Waals surface area contributed by atoms with Crippen molar-refractivity contribution in [3.8, 4) is 49.1 Å². The third kappa shape index (κ3) is 17.1. The summed E-state index contributed by atoms with van der Waals surface area (Å²) in [5.74, 6) is -5.66. The maximum atomic E-state index is 15.7. The molecule has 31 heteroatoms. The molecule has 1 aliphatic carbocycles. The smallest absolute Gasteiger partial charge is 0.306 e. The summed E-state index contributed by atoms with van der Waals surface area (Å²) in [6.07, 6.45) is -1.02. The van der Waals surface area contributed by atoms with Gasteiger partial charge in [-0.1, -0.05) is 63.2 Å². The van der Waals surface area contributed by atoms with Gasteiger partial charge in [-0.15, -0.1) is 68.0 Å². The van der Waals surface area contributed by atoms with Crippen LogP contribution in [0.25, 0.3) is 43.4 Å². The van der Waals surface area contributed by atoms with Crippen LogP contribution in [0.5, 0.6) is 5.75 Å². The van der Waals surface area contributed by atoms with Gasteiger partial charge in [-0.3, -0.25) is 38.5 Å². The lowest BCUT2D eigenvalue weighted by atomic mass is 9.86. The minimum absolute atomic E-state index is 0.0138. The van der Waals surface area contributed by atoms with Gasteiger partial charge in [-0.2, -0.15) is 0 Å². The van der Waals surface area contributed by atoms with E-state index in [4.69, 9.17) is 45.4 Å². The van der Waals surface area contributed by atoms with E-state index in [0.29, 0.717) is 102 Å². The van der Waals surface area contributed by atoms with Gasteiger partial charge < -0.3 is 51.1 Å². The average Bonchev–Trinajstić information content (AvgIpc) is 1.64. The van der Waals surface area contributed by atoms with E-state index < -0.39 is 89.4 Å². The minimum Gasteiger partial charge on any atom is -0.488 e. The van der Waals surface area contributed by atoms with Crippen molar-refractivity contribution in [1.82, 2.24) is 60.6 Å². The van der Waals surface area contributed by atoms with Crippen molar-refractivity contribution in [1.29, 1.82) is 0 Å². The number of amides is 5. The number of hydrogen-bond acceptors (Lipinski definition) is 24. The molecule has 5 amide bonds. The predicted molar refractivity (Wildman–Crippen MR) is 401 cm³/mol. The number of quaternary nitrogens is 1. The first kappa shape index (κ1) is 75.2. The summed E-state index contributed by atoms with van der Waals surface area (Å²) in [4.78, 5) is 137. The van der Waals surface area contributed by atoms with E-state index in [1.165, 1.54) is 39.4 Å². The Hall–Kier alpha value is -8.50. The number of aromatic nitrogens is 7. The number of rotatable bonds is 21. The second kappa shape index (κ2) is 33.3. The van der Waals surface area contributed by atoms with Crippen LogP contribution >= 0.6 is 68.0 Å². The molecule has 0 radical (unpaired) electrons.